The van der Waals surface area contributed by atoms with Crippen LogP contribution in [-0.4, -0.2) is 23.7 Å². The van der Waals surface area contributed by atoms with Gasteiger partial charge >= 0.3 is 0 Å². The van der Waals surface area contributed by atoms with Crippen LogP contribution < -0.4 is 10.9 Å². The number of nitrogens with zero attached hydrogens (tertiary/aromatic N) is 2. The van der Waals surface area contributed by atoms with Crippen molar-refractivity contribution in [3.8, 4) is 0 Å². The summed E-state index contributed by atoms with van der Waals surface area (Å²) in [6.45, 7) is 1.83. The van der Waals surface area contributed by atoms with Crippen LogP contribution in [0.2, 0.25) is 0 Å². The van der Waals surface area contributed by atoms with Gasteiger partial charge in [0, 0.05) is 0 Å². The van der Waals surface area contributed by atoms with Gasteiger partial charge in [0.25, 0.3) is 5.91 Å². The van der Waals surface area contributed by atoms with Crippen molar-refractivity contribution in [3.63, 3.8) is 0 Å². The second kappa shape index (κ2) is 5.90. The molecule has 0 saturated heterocycles. The van der Waals surface area contributed by atoms with Gasteiger partial charge in [0.2, 0.25) is 5.91 Å². The standard InChI is InChI=1S/C13H14N4O2/c1-2-10-11(15-17-12(10)18)13(19)16-14-8-9-6-4-3-5-7-9/h3-8,10H,2H2,1H3,(H,16,19)(H,17,18)/b14-8-/t10-/m1/s1. The first-order valence-corrected chi connectivity index (χ1v) is 5.98. The molecular formula is C13H14N4O2. The number of carbonyl (C=O) groups excluding carboxylic acids is 2. The largest absolute Gasteiger partial charge is 0.288 e. The molecule has 0 bridgehead atoms. The second-order valence-electron chi connectivity index (χ2n) is 4.04. The van der Waals surface area contributed by atoms with Gasteiger partial charge in [0.1, 0.15) is 5.71 Å². The highest BCUT2D eigenvalue weighted by atomic mass is 16.2. The second-order valence-corrected chi connectivity index (χ2v) is 4.04. The number of amides is 2. The Kier molecular flexibility index (Phi) is 4.02. The third kappa shape index (κ3) is 3.04. The van der Waals surface area contributed by atoms with Gasteiger partial charge in [0.05, 0.1) is 12.1 Å². The zero-order valence-corrected chi connectivity index (χ0v) is 10.5. The van der Waals surface area contributed by atoms with Crippen LogP contribution in [0.25, 0.3) is 0 Å². The normalized spacial score (nSPS) is 18.3. The molecule has 19 heavy (non-hydrogen) atoms. The molecule has 0 unspecified atom stereocenters. The van der Waals surface area contributed by atoms with Gasteiger partial charge < -0.3 is 0 Å². The number of benzene rings is 1. The van der Waals surface area contributed by atoms with Crippen molar-refractivity contribution in [2.45, 2.75) is 13.3 Å². The average molecular weight is 258 g/mol. The number of carbonyl (C=O) groups is 2. The van der Waals surface area contributed by atoms with Gasteiger partial charge in [-0.3, -0.25) is 9.59 Å². The van der Waals surface area contributed by atoms with Crippen LogP contribution in [0.4, 0.5) is 0 Å². The molecule has 1 atom stereocenters. The minimum atomic E-state index is -0.494. The van der Waals surface area contributed by atoms with E-state index in [1.165, 1.54) is 6.21 Å². The molecule has 0 saturated carbocycles. The Balaban J connectivity index is 1.95. The van der Waals surface area contributed by atoms with E-state index in [0.717, 1.165) is 5.56 Å². The van der Waals surface area contributed by atoms with Gasteiger partial charge in [-0.15, -0.1) is 0 Å². The zero-order valence-electron chi connectivity index (χ0n) is 10.5. The number of hydrazone groups is 2. The van der Waals surface area contributed by atoms with Crippen LogP contribution >= 0.6 is 0 Å². The van der Waals surface area contributed by atoms with Crippen molar-refractivity contribution >= 4 is 23.7 Å². The lowest BCUT2D eigenvalue weighted by atomic mass is 10.0. The smallest absolute Gasteiger partial charge is 0.272 e. The van der Waals surface area contributed by atoms with E-state index in [0.29, 0.717) is 6.42 Å². The van der Waals surface area contributed by atoms with E-state index < -0.39 is 11.8 Å². The summed E-state index contributed by atoms with van der Waals surface area (Å²) in [4.78, 5) is 23.2. The van der Waals surface area contributed by atoms with E-state index >= 15 is 0 Å². The Bertz CT molecular complexity index is 537. The predicted molar refractivity (Wildman–Crippen MR) is 71.5 cm³/mol. The van der Waals surface area contributed by atoms with Crippen molar-refractivity contribution in [2.75, 3.05) is 0 Å². The van der Waals surface area contributed by atoms with Crippen LogP contribution in [0.15, 0.2) is 40.5 Å². The Morgan fingerprint density at radius 1 is 1.47 bits per heavy atom. The number of hydrogen-bond acceptors (Lipinski definition) is 4. The Morgan fingerprint density at radius 2 is 2.21 bits per heavy atom. The minimum absolute atomic E-state index is 0.178. The summed E-state index contributed by atoms with van der Waals surface area (Å²) in [5.74, 6) is -1.20. The number of nitrogens with one attached hydrogen (secondary N) is 2. The molecule has 1 heterocycles. The quantitative estimate of drug-likeness (QED) is 0.614. The molecule has 6 nitrogen and oxygen atoms in total. The lowest BCUT2D eigenvalue weighted by Crippen LogP contribution is -2.33. The monoisotopic (exact) mass is 258 g/mol. The first kappa shape index (κ1) is 12.9. The fourth-order valence-electron chi connectivity index (χ4n) is 1.74. The minimum Gasteiger partial charge on any atom is -0.272 e. The molecule has 98 valence electrons. The molecule has 0 aromatic heterocycles. The number of hydrogen-bond donors (Lipinski definition) is 2. The van der Waals surface area contributed by atoms with Gasteiger partial charge in [-0.2, -0.15) is 10.2 Å². The highest BCUT2D eigenvalue weighted by Gasteiger charge is 2.32. The molecule has 0 fully saturated rings. The zero-order chi connectivity index (χ0) is 13.7. The lowest BCUT2D eigenvalue weighted by Gasteiger charge is -2.05. The molecule has 2 amide bonds. The average Bonchev–Trinajstić information content (AvgIpc) is 2.81. The fraction of sp³-hybridized carbons (Fsp3) is 0.231. The van der Waals surface area contributed by atoms with Crippen molar-refractivity contribution in [1.82, 2.24) is 10.9 Å². The van der Waals surface area contributed by atoms with Crippen LogP contribution in [0, 0.1) is 5.92 Å². The van der Waals surface area contributed by atoms with E-state index in [9.17, 15) is 9.59 Å². The van der Waals surface area contributed by atoms with E-state index in [1.54, 1.807) is 0 Å². The topological polar surface area (TPSA) is 82.9 Å². The molecular weight excluding hydrogens is 244 g/mol. The maximum Gasteiger partial charge on any atom is 0.288 e. The third-order valence-corrected chi connectivity index (χ3v) is 2.75. The highest BCUT2D eigenvalue weighted by molar-refractivity contribution is 6.44. The van der Waals surface area contributed by atoms with Crippen LogP contribution in [0.1, 0.15) is 18.9 Å². The molecule has 2 rings (SSSR count). The summed E-state index contributed by atoms with van der Waals surface area (Å²) < 4.78 is 0. The number of rotatable bonds is 4. The van der Waals surface area contributed by atoms with Crippen LogP contribution in [0.3, 0.4) is 0 Å². The maximum absolute atomic E-state index is 11.8. The van der Waals surface area contributed by atoms with Crippen molar-refractivity contribution in [3.05, 3.63) is 35.9 Å². The molecule has 1 aromatic rings. The van der Waals surface area contributed by atoms with Crippen molar-refractivity contribution in [1.29, 1.82) is 0 Å². The van der Waals surface area contributed by atoms with Crippen LogP contribution in [-0.2, 0) is 9.59 Å². The lowest BCUT2D eigenvalue weighted by molar-refractivity contribution is -0.123. The van der Waals surface area contributed by atoms with E-state index in [4.69, 9.17) is 0 Å². The molecule has 1 aliphatic rings. The first-order valence-electron chi connectivity index (χ1n) is 5.98. The Hall–Kier alpha value is -2.50. The molecule has 0 spiro atoms. The maximum atomic E-state index is 11.8. The van der Waals surface area contributed by atoms with Crippen LogP contribution in [0.5, 0.6) is 0 Å². The van der Waals surface area contributed by atoms with Crippen molar-refractivity contribution in [2.24, 2.45) is 16.1 Å². The SMILES string of the molecule is CC[C@H]1C(=O)NN=C1C(=O)N/N=C\c1ccccc1. The summed E-state index contributed by atoms with van der Waals surface area (Å²) >= 11 is 0. The first-order chi connectivity index (χ1) is 9.22. The van der Waals surface area contributed by atoms with Gasteiger partial charge in [-0.25, -0.2) is 10.9 Å². The summed E-state index contributed by atoms with van der Waals surface area (Å²) in [5, 5.41) is 7.56. The molecule has 1 aliphatic heterocycles. The summed E-state index contributed by atoms with van der Waals surface area (Å²) in [5.41, 5.74) is 5.71. The third-order valence-electron chi connectivity index (χ3n) is 2.75. The van der Waals surface area contributed by atoms with E-state index in [1.807, 2.05) is 37.3 Å². The summed E-state index contributed by atoms with van der Waals surface area (Å²) in [6.07, 6.45) is 2.06. The van der Waals surface area contributed by atoms with Gasteiger partial charge in [-0.05, 0) is 12.0 Å². The van der Waals surface area contributed by atoms with Gasteiger partial charge in [0.15, 0.2) is 0 Å². The molecule has 0 aliphatic carbocycles. The Labute approximate surface area is 110 Å². The summed E-state index contributed by atoms with van der Waals surface area (Å²) in [7, 11) is 0. The molecule has 0 radical (unpaired) electrons. The molecule has 2 N–H and O–H groups in total. The van der Waals surface area contributed by atoms with E-state index in [-0.39, 0.29) is 11.6 Å². The fourth-order valence-corrected chi connectivity index (χ4v) is 1.74. The molecule has 1 aromatic carbocycles. The van der Waals surface area contributed by atoms with Gasteiger partial charge in [-0.1, -0.05) is 37.3 Å². The predicted octanol–water partition coefficient (Wildman–Crippen LogP) is 0.649. The Morgan fingerprint density at radius 3 is 2.89 bits per heavy atom. The van der Waals surface area contributed by atoms with Crippen molar-refractivity contribution < 1.29 is 9.59 Å². The van der Waals surface area contributed by atoms with E-state index in [2.05, 4.69) is 21.1 Å². The molecule has 6 heteroatoms. The highest BCUT2D eigenvalue weighted by Crippen LogP contribution is 2.11. The summed E-state index contributed by atoms with van der Waals surface area (Å²) in [6, 6.07) is 9.37.